The van der Waals surface area contributed by atoms with E-state index in [4.69, 9.17) is 11.6 Å². The van der Waals surface area contributed by atoms with Gasteiger partial charge in [0.05, 0.1) is 4.90 Å². The Balaban J connectivity index is 2.83. The van der Waals surface area contributed by atoms with Crippen molar-refractivity contribution < 1.29 is 8.42 Å². The molecule has 0 fully saturated rings. The summed E-state index contributed by atoms with van der Waals surface area (Å²) in [6.07, 6.45) is 0. The Kier molecular flexibility index (Phi) is 5.20. The summed E-state index contributed by atoms with van der Waals surface area (Å²) in [5, 5.41) is -0.202. The number of alkyl halides is 1. The Hall–Kier alpha value is -0.580. The van der Waals surface area contributed by atoms with E-state index in [1.54, 1.807) is 12.1 Å². The second-order valence-electron chi connectivity index (χ2n) is 4.86. The van der Waals surface area contributed by atoms with E-state index in [0.29, 0.717) is 4.90 Å². The summed E-state index contributed by atoms with van der Waals surface area (Å²) < 4.78 is 26.6. The quantitative estimate of drug-likeness (QED) is 0.847. The van der Waals surface area contributed by atoms with Crippen LogP contribution in [0.25, 0.3) is 0 Å². The minimum atomic E-state index is -3.46. The van der Waals surface area contributed by atoms with E-state index in [9.17, 15) is 8.42 Å². The van der Waals surface area contributed by atoms with Gasteiger partial charge < -0.3 is 0 Å². The average Bonchev–Trinajstić information content (AvgIpc) is 2.29. The Morgan fingerprint density at radius 2 is 1.83 bits per heavy atom. The van der Waals surface area contributed by atoms with E-state index in [1.807, 2.05) is 33.8 Å². The first-order chi connectivity index (χ1) is 8.24. The second kappa shape index (κ2) is 6.04. The molecule has 0 saturated carbocycles. The minimum absolute atomic E-state index is 0.202. The van der Waals surface area contributed by atoms with Crippen LogP contribution in [0.4, 0.5) is 0 Å². The molecule has 0 bridgehead atoms. The predicted octanol–water partition coefficient (Wildman–Crippen LogP) is 2.85. The van der Waals surface area contributed by atoms with Gasteiger partial charge in [-0.05, 0) is 43.0 Å². The van der Waals surface area contributed by atoms with Gasteiger partial charge in [-0.2, -0.15) is 0 Å². The zero-order valence-electron chi connectivity index (χ0n) is 11.2. The molecule has 5 heteroatoms. The highest BCUT2D eigenvalue weighted by Crippen LogP contribution is 2.15. The molecular weight excluding hydrogens is 270 g/mol. The molecule has 0 radical (unpaired) electrons. The van der Waals surface area contributed by atoms with Crippen LogP contribution in [0.3, 0.4) is 0 Å². The Labute approximate surface area is 115 Å². The van der Waals surface area contributed by atoms with Crippen LogP contribution in [0, 0.1) is 19.8 Å². The van der Waals surface area contributed by atoms with Crippen molar-refractivity contribution in [2.75, 3.05) is 6.54 Å². The maximum Gasteiger partial charge on any atom is 0.240 e. The van der Waals surface area contributed by atoms with Gasteiger partial charge in [0, 0.05) is 11.9 Å². The zero-order chi connectivity index (χ0) is 13.9. The fourth-order valence-electron chi connectivity index (χ4n) is 1.39. The van der Waals surface area contributed by atoms with Gasteiger partial charge in [-0.1, -0.05) is 19.9 Å². The normalized spacial score (nSPS) is 13.9. The topological polar surface area (TPSA) is 46.2 Å². The summed E-state index contributed by atoms with van der Waals surface area (Å²) in [7, 11) is -3.46. The van der Waals surface area contributed by atoms with Gasteiger partial charge in [0.1, 0.15) is 0 Å². The van der Waals surface area contributed by atoms with Crippen LogP contribution in [-0.4, -0.2) is 20.3 Å². The first-order valence-corrected chi connectivity index (χ1v) is 7.87. The molecule has 1 rings (SSSR count). The molecule has 1 atom stereocenters. The van der Waals surface area contributed by atoms with Crippen molar-refractivity contribution in [1.82, 2.24) is 4.72 Å². The lowest BCUT2D eigenvalue weighted by Gasteiger charge is -2.14. The predicted molar refractivity (Wildman–Crippen MR) is 75.6 cm³/mol. The molecule has 0 aliphatic heterocycles. The van der Waals surface area contributed by atoms with Crippen LogP contribution >= 0.6 is 11.6 Å². The molecular formula is C13H20ClNO2S. The summed E-state index contributed by atoms with van der Waals surface area (Å²) >= 11 is 6.04. The molecule has 0 saturated heterocycles. The Bertz CT molecular complexity index is 512. The van der Waals surface area contributed by atoms with E-state index < -0.39 is 10.0 Å². The number of benzene rings is 1. The van der Waals surface area contributed by atoms with Crippen molar-refractivity contribution in [2.45, 2.75) is 38.0 Å². The maximum atomic E-state index is 12.1. The maximum absolute atomic E-state index is 12.1. The van der Waals surface area contributed by atoms with Crippen LogP contribution in [0.5, 0.6) is 0 Å². The van der Waals surface area contributed by atoms with Gasteiger partial charge in [0.25, 0.3) is 0 Å². The SMILES string of the molecule is Cc1ccc(S(=O)(=O)NCC(Cl)C(C)C)cc1C. The number of hydrogen-bond donors (Lipinski definition) is 1. The summed E-state index contributed by atoms with van der Waals surface area (Å²) in [6.45, 7) is 8.01. The van der Waals surface area contributed by atoms with Crippen molar-refractivity contribution in [3.05, 3.63) is 29.3 Å². The number of halogens is 1. The Morgan fingerprint density at radius 1 is 1.22 bits per heavy atom. The third-order valence-electron chi connectivity index (χ3n) is 2.98. The van der Waals surface area contributed by atoms with Crippen LogP contribution in [0.2, 0.25) is 0 Å². The number of rotatable bonds is 5. The third kappa shape index (κ3) is 3.97. The highest BCUT2D eigenvalue weighted by molar-refractivity contribution is 7.89. The van der Waals surface area contributed by atoms with Crippen LogP contribution in [-0.2, 0) is 10.0 Å². The fourth-order valence-corrected chi connectivity index (χ4v) is 2.70. The summed E-state index contributed by atoms with van der Waals surface area (Å²) in [4.78, 5) is 0.290. The van der Waals surface area contributed by atoms with Gasteiger partial charge >= 0.3 is 0 Å². The van der Waals surface area contributed by atoms with Crippen molar-refractivity contribution >= 4 is 21.6 Å². The molecule has 1 N–H and O–H groups in total. The van der Waals surface area contributed by atoms with Gasteiger partial charge in [0.15, 0.2) is 0 Å². The minimum Gasteiger partial charge on any atom is -0.210 e. The first-order valence-electron chi connectivity index (χ1n) is 5.95. The molecule has 0 spiro atoms. The highest BCUT2D eigenvalue weighted by atomic mass is 35.5. The summed E-state index contributed by atoms with van der Waals surface area (Å²) in [6, 6.07) is 5.10. The van der Waals surface area contributed by atoms with Crippen molar-refractivity contribution in [2.24, 2.45) is 5.92 Å². The highest BCUT2D eigenvalue weighted by Gasteiger charge is 2.17. The smallest absolute Gasteiger partial charge is 0.210 e. The molecule has 0 aliphatic carbocycles. The van der Waals surface area contributed by atoms with Crippen LogP contribution in [0.15, 0.2) is 23.1 Å². The molecule has 102 valence electrons. The number of aryl methyl sites for hydroxylation is 2. The third-order valence-corrected chi connectivity index (χ3v) is 5.06. The number of nitrogens with one attached hydrogen (secondary N) is 1. The average molecular weight is 290 g/mol. The van der Waals surface area contributed by atoms with Gasteiger partial charge in [-0.25, -0.2) is 13.1 Å². The van der Waals surface area contributed by atoms with E-state index in [-0.39, 0.29) is 17.8 Å². The van der Waals surface area contributed by atoms with E-state index in [2.05, 4.69) is 4.72 Å². The van der Waals surface area contributed by atoms with Gasteiger partial charge in [-0.3, -0.25) is 0 Å². The monoisotopic (exact) mass is 289 g/mol. The summed E-state index contributed by atoms with van der Waals surface area (Å²) in [5.74, 6) is 0.231. The molecule has 0 aliphatic rings. The van der Waals surface area contributed by atoms with E-state index in [1.165, 1.54) is 0 Å². The lowest BCUT2D eigenvalue weighted by molar-refractivity contribution is 0.556. The molecule has 0 aromatic heterocycles. The van der Waals surface area contributed by atoms with E-state index >= 15 is 0 Å². The van der Waals surface area contributed by atoms with Crippen LogP contribution in [0.1, 0.15) is 25.0 Å². The van der Waals surface area contributed by atoms with Crippen molar-refractivity contribution in [3.63, 3.8) is 0 Å². The van der Waals surface area contributed by atoms with Crippen LogP contribution < -0.4 is 4.72 Å². The van der Waals surface area contributed by atoms with Crippen molar-refractivity contribution in [1.29, 1.82) is 0 Å². The molecule has 1 aromatic carbocycles. The zero-order valence-corrected chi connectivity index (χ0v) is 12.8. The second-order valence-corrected chi connectivity index (χ2v) is 7.19. The lowest BCUT2D eigenvalue weighted by Crippen LogP contribution is -2.32. The Morgan fingerprint density at radius 3 is 2.33 bits per heavy atom. The molecule has 0 amide bonds. The lowest BCUT2D eigenvalue weighted by atomic mass is 10.1. The number of hydrogen-bond acceptors (Lipinski definition) is 2. The standard InChI is InChI=1S/C13H20ClNO2S/c1-9(2)13(14)8-15-18(16,17)12-6-5-10(3)11(4)7-12/h5-7,9,13,15H,8H2,1-4H3. The summed E-state index contributed by atoms with van der Waals surface area (Å²) in [5.41, 5.74) is 2.04. The largest absolute Gasteiger partial charge is 0.240 e. The van der Waals surface area contributed by atoms with Crippen molar-refractivity contribution in [3.8, 4) is 0 Å². The van der Waals surface area contributed by atoms with E-state index in [0.717, 1.165) is 11.1 Å². The molecule has 1 unspecified atom stereocenters. The molecule has 1 aromatic rings. The fraction of sp³-hybridized carbons (Fsp3) is 0.538. The number of sulfonamides is 1. The molecule has 0 heterocycles. The van der Waals surface area contributed by atoms with Gasteiger partial charge in [-0.15, -0.1) is 11.6 Å². The molecule has 3 nitrogen and oxygen atoms in total. The molecule has 18 heavy (non-hydrogen) atoms. The van der Waals surface area contributed by atoms with Gasteiger partial charge in [0.2, 0.25) is 10.0 Å². The first kappa shape index (κ1) is 15.5.